The summed E-state index contributed by atoms with van der Waals surface area (Å²) in [7, 11) is -4.05. The topological polar surface area (TPSA) is 84.3 Å². The van der Waals surface area contributed by atoms with Crippen molar-refractivity contribution in [2.75, 3.05) is 18.0 Å². The van der Waals surface area contributed by atoms with E-state index in [2.05, 4.69) is 9.82 Å². The number of halogens is 2. The monoisotopic (exact) mass is 410 g/mol. The number of rotatable bonds is 6. The van der Waals surface area contributed by atoms with E-state index in [0.29, 0.717) is 43.9 Å². The molecule has 0 amide bonds. The molecule has 1 unspecified atom stereocenters. The zero-order valence-electron chi connectivity index (χ0n) is 15.0. The maximum atomic E-state index is 13.3. The summed E-state index contributed by atoms with van der Waals surface area (Å²) in [6.07, 6.45) is 2.72. The Morgan fingerprint density at radius 1 is 1.11 bits per heavy atom. The Balaban J connectivity index is 1.46. The van der Waals surface area contributed by atoms with Crippen LogP contribution in [0.5, 0.6) is 0 Å². The van der Waals surface area contributed by atoms with Gasteiger partial charge in [0.2, 0.25) is 10.0 Å². The summed E-state index contributed by atoms with van der Waals surface area (Å²) in [6.45, 7) is 1.51. The fourth-order valence-corrected chi connectivity index (χ4v) is 4.62. The summed E-state index contributed by atoms with van der Waals surface area (Å²) in [6, 6.07) is 4.86. The van der Waals surface area contributed by atoms with Crippen LogP contribution >= 0.6 is 0 Å². The van der Waals surface area contributed by atoms with Crippen LogP contribution in [0.2, 0.25) is 0 Å². The summed E-state index contributed by atoms with van der Waals surface area (Å²) in [5, 5.41) is 4.40. The quantitative estimate of drug-likeness (QED) is 0.780. The molecule has 1 N–H and O–H groups in total. The minimum atomic E-state index is -4.05. The smallest absolute Gasteiger partial charge is 0.266 e. The second kappa shape index (κ2) is 7.25. The molecule has 0 spiro atoms. The molecule has 1 aliphatic heterocycles. The molecule has 1 saturated heterocycles. The fourth-order valence-electron chi connectivity index (χ4n) is 3.32. The van der Waals surface area contributed by atoms with E-state index in [1.807, 2.05) is 4.90 Å². The third-order valence-electron chi connectivity index (χ3n) is 4.96. The van der Waals surface area contributed by atoms with Gasteiger partial charge in [0.25, 0.3) is 5.56 Å². The first-order valence-corrected chi connectivity index (χ1v) is 10.6. The van der Waals surface area contributed by atoms with Gasteiger partial charge in [0.05, 0.1) is 4.90 Å². The van der Waals surface area contributed by atoms with Crippen LogP contribution in [0.3, 0.4) is 0 Å². The van der Waals surface area contributed by atoms with Crippen LogP contribution in [0.4, 0.5) is 14.6 Å². The second-order valence-electron chi connectivity index (χ2n) is 7.31. The first-order chi connectivity index (χ1) is 13.3. The lowest BCUT2D eigenvalue weighted by Gasteiger charge is -2.19. The highest BCUT2D eigenvalue weighted by Crippen LogP contribution is 2.30. The van der Waals surface area contributed by atoms with E-state index >= 15 is 0 Å². The van der Waals surface area contributed by atoms with Gasteiger partial charge in [-0.05, 0) is 43.4 Å². The van der Waals surface area contributed by atoms with E-state index in [1.54, 1.807) is 6.07 Å². The summed E-state index contributed by atoms with van der Waals surface area (Å²) in [5.74, 6) is -0.782. The Labute approximate surface area is 161 Å². The Kier molecular flexibility index (Phi) is 4.92. The van der Waals surface area contributed by atoms with Gasteiger partial charge in [-0.1, -0.05) is 0 Å². The predicted octanol–water partition coefficient (Wildman–Crippen LogP) is 1.49. The second-order valence-corrected chi connectivity index (χ2v) is 9.03. The molecular weight excluding hydrogens is 390 g/mol. The predicted molar refractivity (Wildman–Crippen MR) is 98.5 cm³/mol. The Bertz CT molecular complexity index is 1030. The number of anilines is 1. The molecule has 0 bridgehead atoms. The van der Waals surface area contributed by atoms with Crippen LogP contribution in [0, 0.1) is 17.6 Å². The lowest BCUT2D eigenvalue weighted by Crippen LogP contribution is -2.37. The lowest BCUT2D eigenvalue weighted by molar-refractivity contribution is 0.531. The molecule has 1 aromatic heterocycles. The summed E-state index contributed by atoms with van der Waals surface area (Å²) in [4.78, 5) is 13.4. The number of hydrogen-bond donors (Lipinski definition) is 1. The third-order valence-corrected chi connectivity index (χ3v) is 6.46. The van der Waals surface area contributed by atoms with Crippen molar-refractivity contribution in [3.63, 3.8) is 0 Å². The zero-order valence-corrected chi connectivity index (χ0v) is 15.8. The molecule has 28 heavy (non-hydrogen) atoms. The van der Waals surface area contributed by atoms with Crippen molar-refractivity contribution in [1.82, 2.24) is 14.5 Å². The molecular formula is C18H20F2N4O3S. The molecule has 4 rings (SSSR count). The number of nitrogens with one attached hydrogen (secondary N) is 1. The highest BCUT2D eigenvalue weighted by Gasteiger charge is 2.29. The Morgan fingerprint density at radius 3 is 2.50 bits per heavy atom. The molecule has 2 aromatic rings. The van der Waals surface area contributed by atoms with Crippen LogP contribution in [0.25, 0.3) is 0 Å². The number of benzene rings is 1. The molecule has 1 saturated carbocycles. The fraction of sp³-hybridized carbons (Fsp3) is 0.444. The van der Waals surface area contributed by atoms with Crippen LogP contribution in [-0.4, -0.2) is 37.3 Å². The van der Waals surface area contributed by atoms with Crippen molar-refractivity contribution in [3.8, 4) is 0 Å². The van der Waals surface area contributed by atoms with Crippen LogP contribution in [0.15, 0.2) is 40.0 Å². The average molecular weight is 410 g/mol. The van der Waals surface area contributed by atoms with Crippen molar-refractivity contribution in [2.45, 2.75) is 36.7 Å². The molecule has 10 heteroatoms. The van der Waals surface area contributed by atoms with Gasteiger partial charge in [-0.2, -0.15) is 5.10 Å². The van der Waals surface area contributed by atoms with E-state index in [9.17, 15) is 22.0 Å². The maximum absolute atomic E-state index is 13.3. The van der Waals surface area contributed by atoms with Gasteiger partial charge in [-0.25, -0.2) is 26.6 Å². The normalized spacial score (nSPS) is 19.9. The van der Waals surface area contributed by atoms with Crippen molar-refractivity contribution in [3.05, 3.63) is 52.3 Å². The minimum Gasteiger partial charge on any atom is -0.354 e. The largest absolute Gasteiger partial charge is 0.354 e. The van der Waals surface area contributed by atoms with E-state index < -0.39 is 32.6 Å². The van der Waals surface area contributed by atoms with Gasteiger partial charge in [-0.15, -0.1) is 0 Å². The summed E-state index contributed by atoms with van der Waals surface area (Å²) in [5.41, 5.74) is -0.153. The molecule has 2 heterocycles. The van der Waals surface area contributed by atoms with Gasteiger partial charge in [0.15, 0.2) is 0 Å². The number of hydrogen-bond acceptors (Lipinski definition) is 5. The van der Waals surface area contributed by atoms with Crippen LogP contribution in [-0.2, 0) is 16.6 Å². The van der Waals surface area contributed by atoms with E-state index in [1.165, 1.54) is 10.7 Å². The lowest BCUT2D eigenvalue weighted by atomic mass is 10.3. The number of nitrogens with zero attached hydrogens (tertiary/aromatic N) is 3. The van der Waals surface area contributed by atoms with Gasteiger partial charge in [-0.3, -0.25) is 4.79 Å². The summed E-state index contributed by atoms with van der Waals surface area (Å²) < 4.78 is 55.5. The molecule has 2 aliphatic rings. The van der Waals surface area contributed by atoms with Crippen molar-refractivity contribution >= 4 is 15.8 Å². The molecule has 1 aromatic carbocycles. The van der Waals surface area contributed by atoms with Crippen molar-refractivity contribution in [1.29, 1.82) is 0 Å². The molecule has 1 aliphatic carbocycles. The standard InChI is InChI=1S/C18H20F2N4O3S/c19-13-7-14(20)9-16(8-13)28(26,27)22-15-5-6-23(11-15)17-3-4-18(25)24(21-17)10-12-1-2-12/h3-4,7-9,12,15,22H,1-2,5-6,10-11H2. The van der Waals surface area contributed by atoms with E-state index in [0.717, 1.165) is 25.0 Å². The van der Waals surface area contributed by atoms with E-state index in [4.69, 9.17) is 0 Å². The first-order valence-electron chi connectivity index (χ1n) is 9.12. The molecule has 7 nitrogen and oxygen atoms in total. The van der Waals surface area contributed by atoms with Crippen LogP contribution < -0.4 is 15.2 Å². The number of sulfonamides is 1. The Hall–Kier alpha value is -2.33. The molecule has 150 valence electrons. The first kappa shape index (κ1) is 19.0. The van der Waals surface area contributed by atoms with E-state index in [-0.39, 0.29) is 5.56 Å². The van der Waals surface area contributed by atoms with Gasteiger partial charge in [0.1, 0.15) is 17.5 Å². The van der Waals surface area contributed by atoms with Crippen molar-refractivity contribution in [2.24, 2.45) is 5.92 Å². The molecule has 2 fully saturated rings. The van der Waals surface area contributed by atoms with Gasteiger partial charge >= 0.3 is 0 Å². The Morgan fingerprint density at radius 2 is 1.82 bits per heavy atom. The third kappa shape index (κ3) is 4.22. The maximum Gasteiger partial charge on any atom is 0.266 e. The molecule has 1 atom stereocenters. The van der Waals surface area contributed by atoms with Gasteiger partial charge in [0, 0.05) is 37.8 Å². The highest BCUT2D eigenvalue weighted by molar-refractivity contribution is 7.89. The van der Waals surface area contributed by atoms with Crippen LogP contribution in [0.1, 0.15) is 19.3 Å². The highest BCUT2D eigenvalue weighted by atomic mass is 32.2. The average Bonchev–Trinajstić information content (AvgIpc) is 3.32. The zero-order chi connectivity index (χ0) is 19.9. The van der Waals surface area contributed by atoms with Crippen molar-refractivity contribution < 1.29 is 17.2 Å². The molecule has 0 radical (unpaired) electrons. The SMILES string of the molecule is O=c1ccc(N2CCC(NS(=O)(=O)c3cc(F)cc(F)c3)C2)nn1CC1CC1. The number of aromatic nitrogens is 2. The minimum absolute atomic E-state index is 0.153. The summed E-state index contributed by atoms with van der Waals surface area (Å²) >= 11 is 0. The van der Waals surface area contributed by atoms with Gasteiger partial charge < -0.3 is 4.90 Å².